The Morgan fingerprint density at radius 2 is 2.12 bits per heavy atom. The van der Waals surface area contributed by atoms with Gasteiger partial charge in [-0.2, -0.15) is 0 Å². The van der Waals surface area contributed by atoms with Crippen molar-refractivity contribution >= 4 is 5.91 Å². The van der Waals surface area contributed by atoms with E-state index in [2.05, 4.69) is 17.3 Å². The van der Waals surface area contributed by atoms with Gasteiger partial charge < -0.3 is 16.0 Å². The second kappa shape index (κ2) is 5.83. The van der Waals surface area contributed by atoms with Crippen LogP contribution in [0.3, 0.4) is 0 Å². The van der Waals surface area contributed by atoms with Gasteiger partial charge in [0.1, 0.15) is 0 Å². The van der Waals surface area contributed by atoms with Crippen molar-refractivity contribution in [3.05, 3.63) is 0 Å². The molecule has 1 saturated heterocycles. The lowest BCUT2D eigenvalue weighted by Crippen LogP contribution is -2.52. The third-order valence-electron chi connectivity index (χ3n) is 3.65. The van der Waals surface area contributed by atoms with E-state index in [9.17, 15) is 4.79 Å². The van der Waals surface area contributed by atoms with Gasteiger partial charge in [-0.3, -0.25) is 4.79 Å². The Balaban J connectivity index is 2.37. The zero-order chi connectivity index (χ0) is 13.1. The van der Waals surface area contributed by atoms with E-state index in [1.54, 1.807) is 0 Å². The van der Waals surface area contributed by atoms with Crippen LogP contribution in [0.5, 0.6) is 0 Å². The van der Waals surface area contributed by atoms with Crippen molar-refractivity contribution in [3.63, 3.8) is 0 Å². The fourth-order valence-corrected chi connectivity index (χ4v) is 2.12. The number of nitrogens with one attached hydrogen (secondary N) is 1. The molecule has 0 aromatic heterocycles. The highest BCUT2D eigenvalue weighted by molar-refractivity contribution is 5.82. The molecule has 0 spiro atoms. The van der Waals surface area contributed by atoms with Crippen molar-refractivity contribution < 1.29 is 4.79 Å². The van der Waals surface area contributed by atoms with Crippen LogP contribution in [0.1, 0.15) is 40.0 Å². The van der Waals surface area contributed by atoms with Crippen LogP contribution >= 0.6 is 0 Å². The van der Waals surface area contributed by atoms with Crippen molar-refractivity contribution in [2.24, 2.45) is 11.1 Å². The maximum atomic E-state index is 11.9. The molecule has 0 radical (unpaired) electrons. The molecule has 0 aromatic rings. The maximum absolute atomic E-state index is 11.9. The predicted molar refractivity (Wildman–Crippen MR) is 70.7 cm³/mol. The lowest BCUT2D eigenvalue weighted by atomic mass is 9.87. The molecule has 4 heteroatoms. The molecule has 3 N–H and O–H groups in total. The van der Waals surface area contributed by atoms with E-state index in [0.29, 0.717) is 6.04 Å². The summed E-state index contributed by atoms with van der Waals surface area (Å²) in [4.78, 5) is 14.2. The van der Waals surface area contributed by atoms with Gasteiger partial charge in [-0.15, -0.1) is 0 Å². The van der Waals surface area contributed by atoms with Crippen LogP contribution in [0.25, 0.3) is 0 Å². The van der Waals surface area contributed by atoms with Crippen LogP contribution in [-0.4, -0.2) is 43.0 Å². The summed E-state index contributed by atoms with van der Waals surface area (Å²) in [5, 5.41) is 2.98. The summed E-state index contributed by atoms with van der Waals surface area (Å²) < 4.78 is 0. The van der Waals surface area contributed by atoms with Crippen molar-refractivity contribution in [1.82, 2.24) is 10.2 Å². The van der Waals surface area contributed by atoms with Crippen LogP contribution in [0.4, 0.5) is 0 Å². The molecule has 1 heterocycles. The van der Waals surface area contributed by atoms with Gasteiger partial charge in [0.25, 0.3) is 0 Å². The highest BCUT2D eigenvalue weighted by Gasteiger charge is 2.28. The third kappa shape index (κ3) is 4.28. The molecule has 0 bridgehead atoms. The first kappa shape index (κ1) is 14.5. The number of hydrogen-bond donors (Lipinski definition) is 2. The average Bonchev–Trinajstić information content (AvgIpc) is 2.25. The molecule has 0 saturated carbocycles. The molecule has 17 heavy (non-hydrogen) atoms. The van der Waals surface area contributed by atoms with Gasteiger partial charge in [0, 0.05) is 12.6 Å². The first-order valence-electron chi connectivity index (χ1n) is 6.56. The van der Waals surface area contributed by atoms with E-state index in [4.69, 9.17) is 5.73 Å². The molecule has 4 nitrogen and oxygen atoms in total. The molecule has 100 valence electrons. The highest BCUT2D eigenvalue weighted by atomic mass is 16.2. The maximum Gasteiger partial charge on any atom is 0.237 e. The Morgan fingerprint density at radius 1 is 1.47 bits per heavy atom. The molecule has 0 aliphatic carbocycles. The molecule has 1 aliphatic heterocycles. The summed E-state index contributed by atoms with van der Waals surface area (Å²) >= 11 is 0. The van der Waals surface area contributed by atoms with E-state index in [-0.39, 0.29) is 11.3 Å². The minimum absolute atomic E-state index is 0.0310. The fourth-order valence-electron chi connectivity index (χ4n) is 2.12. The normalized spacial score (nSPS) is 24.4. The first-order chi connectivity index (χ1) is 7.82. The summed E-state index contributed by atoms with van der Waals surface area (Å²) in [5.74, 6) is -0.0310. The number of likely N-dealkylation sites (tertiary alicyclic amines) is 1. The number of likely N-dealkylation sites (N-methyl/N-ethyl adjacent to an activating group) is 1. The Morgan fingerprint density at radius 3 is 2.65 bits per heavy atom. The van der Waals surface area contributed by atoms with Gasteiger partial charge in [-0.05, 0) is 31.8 Å². The Hall–Kier alpha value is -0.610. The molecule has 0 aromatic carbocycles. The SMILES string of the molecule is CN1CCCCC1CNC(=O)[C@@H](N)C(C)(C)C. The van der Waals surface area contributed by atoms with E-state index >= 15 is 0 Å². The third-order valence-corrected chi connectivity index (χ3v) is 3.65. The zero-order valence-electron chi connectivity index (χ0n) is 11.6. The number of hydrogen-bond acceptors (Lipinski definition) is 3. The lowest BCUT2D eigenvalue weighted by Gasteiger charge is -2.33. The second-order valence-corrected chi connectivity index (χ2v) is 6.22. The van der Waals surface area contributed by atoms with Gasteiger partial charge in [0.05, 0.1) is 6.04 Å². The van der Waals surface area contributed by atoms with Crippen LogP contribution in [0.2, 0.25) is 0 Å². The zero-order valence-corrected chi connectivity index (χ0v) is 11.6. The average molecular weight is 241 g/mol. The van der Waals surface area contributed by atoms with Crippen molar-refractivity contribution in [2.45, 2.75) is 52.1 Å². The number of piperidine rings is 1. The van der Waals surface area contributed by atoms with Gasteiger partial charge in [0.15, 0.2) is 0 Å². The summed E-state index contributed by atoms with van der Waals surface area (Å²) in [5.41, 5.74) is 5.74. The van der Waals surface area contributed by atoms with Crippen molar-refractivity contribution in [2.75, 3.05) is 20.1 Å². The molecule has 2 atom stereocenters. The Bertz CT molecular complexity index is 260. The number of rotatable bonds is 3. The predicted octanol–water partition coefficient (Wildman–Crippen LogP) is 0.960. The highest BCUT2D eigenvalue weighted by Crippen LogP contribution is 2.18. The number of carbonyl (C=O) groups excluding carboxylic acids is 1. The topological polar surface area (TPSA) is 58.4 Å². The van der Waals surface area contributed by atoms with E-state index in [1.807, 2.05) is 20.8 Å². The number of carbonyl (C=O) groups is 1. The van der Waals surface area contributed by atoms with E-state index in [1.165, 1.54) is 19.3 Å². The van der Waals surface area contributed by atoms with Crippen molar-refractivity contribution in [3.8, 4) is 0 Å². The van der Waals surface area contributed by atoms with Crippen molar-refractivity contribution in [1.29, 1.82) is 0 Å². The monoisotopic (exact) mass is 241 g/mol. The number of nitrogens with zero attached hydrogens (tertiary/aromatic N) is 1. The number of nitrogens with two attached hydrogens (primary N) is 1. The van der Waals surface area contributed by atoms with E-state index in [0.717, 1.165) is 13.1 Å². The standard InChI is InChI=1S/C13H27N3O/c1-13(2,3)11(14)12(17)15-9-10-7-5-6-8-16(10)4/h10-11H,5-9,14H2,1-4H3,(H,15,17)/t10?,11-/m1/s1. The van der Waals surface area contributed by atoms with Crippen LogP contribution in [-0.2, 0) is 4.79 Å². The summed E-state index contributed by atoms with van der Waals surface area (Å²) in [7, 11) is 2.12. The lowest BCUT2D eigenvalue weighted by molar-refractivity contribution is -0.124. The second-order valence-electron chi connectivity index (χ2n) is 6.22. The molecule has 1 unspecified atom stereocenters. The molecule has 1 aliphatic rings. The molecule has 1 fully saturated rings. The van der Waals surface area contributed by atoms with Crippen LogP contribution in [0, 0.1) is 5.41 Å². The minimum atomic E-state index is -0.434. The first-order valence-corrected chi connectivity index (χ1v) is 6.56. The van der Waals surface area contributed by atoms with E-state index < -0.39 is 6.04 Å². The molecular weight excluding hydrogens is 214 g/mol. The minimum Gasteiger partial charge on any atom is -0.353 e. The molecule has 1 rings (SSSR count). The number of amides is 1. The quantitative estimate of drug-likeness (QED) is 0.774. The van der Waals surface area contributed by atoms with Gasteiger partial charge in [0.2, 0.25) is 5.91 Å². The molecular formula is C13H27N3O. The smallest absolute Gasteiger partial charge is 0.237 e. The largest absolute Gasteiger partial charge is 0.353 e. The molecule has 1 amide bonds. The Kier molecular flexibility index (Phi) is 4.95. The summed E-state index contributed by atoms with van der Waals surface area (Å²) in [6, 6.07) is 0.0382. The fraction of sp³-hybridized carbons (Fsp3) is 0.923. The van der Waals surface area contributed by atoms with Gasteiger partial charge >= 0.3 is 0 Å². The van der Waals surface area contributed by atoms with Gasteiger partial charge in [-0.25, -0.2) is 0 Å². The Labute approximate surface area is 105 Å². The summed E-state index contributed by atoms with van der Waals surface area (Å²) in [6.07, 6.45) is 3.69. The summed E-state index contributed by atoms with van der Waals surface area (Å²) in [6.45, 7) is 7.82. The van der Waals surface area contributed by atoms with Crippen LogP contribution in [0.15, 0.2) is 0 Å². The van der Waals surface area contributed by atoms with Crippen LogP contribution < -0.4 is 11.1 Å². The van der Waals surface area contributed by atoms with Gasteiger partial charge in [-0.1, -0.05) is 27.2 Å².